The van der Waals surface area contributed by atoms with E-state index < -0.39 is 8.16 Å². The maximum atomic E-state index is 11.6. The van der Waals surface area contributed by atoms with Crippen molar-refractivity contribution in [3.05, 3.63) is 69.6 Å². The van der Waals surface area contributed by atoms with Crippen LogP contribution in [-0.4, -0.2) is 43.2 Å². The summed E-state index contributed by atoms with van der Waals surface area (Å²) < 4.78 is 25.5. The Morgan fingerprint density at radius 1 is 0.860 bits per heavy atom. The van der Waals surface area contributed by atoms with E-state index in [-0.39, 0.29) is 5.97 Å². The predicted octanol–water partition coefficient (Wildman–Crippen LogP) is 10.3. The summed E-state index contributed by atoms with van der Waals surface area (Å²) in [7, 11) is 0.0237. The van der Waals surface area contributed by atoms with E-state index in [4.69, 9.17) is 13.1 Å². The zero-order chi connectivity index (χ0) is 29.7. The molecule has 0 amide bonds. The molecule has 7 rings (SSSR count). The van der Waals surface area contributed by atoms with Gasteiger partial charge < -0.3 is 13.1 Å². The number of fused-ring (bicyclic) bond motifs is 9. The van der Waals surface area contributed by atoms with E-state index in [0.29, 0.717) is 24.2 Å². The van der Waals surface area contributed by atoms with Crippen LogP contribution >= 0.6 is 56.2 Å². The van der Waals surface area contributed by atoms with Gasteiger partial charge in [-0.15, -0.1) is 0 Å². The van der Waals surface area contributed by atoms with Crippen molar-refractivity contribution in [2.75, 3.05) is 38.0 Å². The van der Waals surface area contributed by atoms with Crippen molar-refractivity contribution in [3.63, 3.8) is 0 Å². The molecule has 2 bridgehead atoms. The zero-order valence-electron chi connectivity index (χ0n) is 23.8. The summed E-state index contributed by atoms with van der Waals surface area (Å²) in [4.78, 5) is 11.6. The Labute approximate surface area is 276 Å². The molecule has 10 heteroatoms. The number of hydrogen-bond donors (Lipinski definition) is 0. The Hall–Kier alpha value is -1.87. The highest BCUT2D eigenvalue weighted by atomic mass is 79.9. The van der Waals surface area contributed by atoms with Gasteiger partial charge in [0.1, 0.15) is 0 Å². The minimum Gasteiger partial charge on any atom is -0.469 e. The largest absolute Gasteiger partial charge is 0.469 e. The maximum Gasteiger partial charge on any atom is 0.309 e. The number of piperidine rings is 2. The SMILES string of the molecule is COC(=O)CCCCC1C2CN(Br)CC1CN(p1oc3c(Br)cc4ccccc4c3c3c(o1)c(Br)cc1ccccc13)C2. The van der Waals surface area contributed by atoms with Crippen molar-refractivity contribution < 1.29 is 17.9 Å². The Balaban J connectivity index is 1.36. The van der Waals surface area contributed by atoms with Crippen LogP contribution in [0.2, 0.25) is 0 Å². The van der Waals surface area contributed by atoms with Crippen LogP contribution in [0.3, 0.4) is 0 Å². The highest BCUT2D eigenvalue weighted by Gasteiger charge is 2.43. The summed E-state index contributed by atoms with van der Waals surface area (Å²) in [5.41, 5.74) is 1.67. The number of nitrogens with zero attached hydrogens (tertiary/aromatic N) is 2. The molecule has 224 valence electrons. The first-order chi connectivity index (χ1) is 20.9. The summed E-state index contributed by atoms with van der Waals surface area (Å²) in [5, 5.41) is 6.71. The van der Waals surface area contributed by atoms with Crippen LogP contribution in [0.1, 0.15) is 25.7 Å². The molecule has 2 fully saturated rings. The van der Waals surface area contributed by atoms with Crippen LogP contribution in [0.4, 0.5) is 0 Å². The van der Waals surface area contributed by atoms with Crippen LogP contribution in [0.15, 0.2) is 78.0 Å². The summed E-state index contributed by atoms with van der Waals surface area (Å²) >= 11 is 11.6. The fourth-order valence-corrected chi connectivity index (χ4v) is 10.8. The molecule has 0 aliphatic carbocycles. The summed E-state index contributed by atoms with van der Waals surface area (Å²) in [6.45, 7) is 3.75. The van der Waals surface area contributed by atoms with Gasteiger partial charge in [-0.05, 0) is 96.1 Å². The maximum absolute atomic E-state index is 11.6. The molecule has 6 nitrogen and oxygen atoms in total. The van der Waals surface area contributed by atoms with Gasteiger partial charge in [-0.2, -0.15) is 0 Å². The van der Waals surface area contributed by atoms with Crippen molar-refractivity contribution in [3.8, 4) is 0 Å². The minimum absolute atomic E-state index is 0.120. The lowest BCUT2D eigenvalue weighted by Crippen LogP contribution is -2.55. The van der Waals surface area contributed by atoms with Crippen molar-refractivity contribution in [1.29, 1.82) is 0 Å². The van der Waals surface area contributed by atoms with Gasteiger partial charge in [0.2, 0.25) is 0 Å². The summed E-state index contributed by atoms with van der Waals surface area (Å²) in [5.74, 6) is 1.44. The molecule has 2 aliphatic rings. The molecule has 2 saturated heterocycles. The highest BCUT2D eigenvalue weighted by Crippen LogP contribution is 2.49. The number of carbonyl (C=O) groups excluding carboxylic acids is 1. The average Bonchev–Trinajstić information content (AvgIpc) is 3.18. The molecule has 0 N–H and O–H groups in total. The van der Waals surface area contributed by atoms with E-state index in [1.807, 2.05) is 0 Å². The molecule has 3 heterocycles. The molecular weight excluding hydrogens is 759 g/mol. The van der Waals surface area contributed by atoms with Crippen LogP contribution in [0.25, 0.3) is 43.5 Å². The Morgan fingerprint density at radius 3 is 1.93 bits per heavy atom. The average molecular weight is 791 g/mol. The van der Waals surface area contributed by atoms with E-state index in [2.05, 4.69) is 117 Å². The smallest absolute Gasteiger partial charge is 0.309 e. The quantitative estimate of drug-likeness (QED) is 0.0970. The van der Waals surface area contributed by atoms with Crippen LogP contribution in [0.5, 0.6) is 0 Å². The van der Waals surface area contributed by atoms with Gasteiger partial charge in [0.15, 0.2) is 11.2 Å². The minimum atomic E-state index is -1.44. The number of hydrogen-bond acceptors (Lipinski definition) is 6. The molecule has 4 aromatic carbocycles. The van der Waals surface area contributed by atoms with Gasteiger partial charge in [0, 0.05) is 59.5 Å². The molecule has 43 heavy (non-hydrogen) atoms. The number of esters is 1. The Bertz CT molecular complexity index is 1780. The third kappa shape index (κ3) is 5.70. The van der Waals surface area contributed by atoms with Gasteiger partial charge in [-0.25, -0.2) is 8.60 Å². The number of methoxy groups -OCH3 is 1. The lowest BCUT2D eigenvalue weighted by molar-refractivity contribution is -0.140. The number of benzene rings is 4. The Morgan fingerprint density at radius 2 is 1.40 bits per heavy atom. The molecule has 2 atom stereocenters. The van der Waals surface area contributed by atoms with Crippen molar-refractivity contribution >= 4 is 106 Å². The summed E-state index contributed by atoms with van der Waals surface area (Å²) in [6, 6.07) is 21.3. The lowest BCUT2D eigenvalue weighted by Gasteiger charge is -2.48. The van der Waals surface area contributed by atoms with Crippen molar-refractivity contribution in [2.24, 2.45) is 17.8 Å². The van der Waals surface area contributed by atoms with Crippen molar-refractivity contribution in [1.82, 2.24) is 3.93 Å². The zero-order valence-corrected chi connectivity index (χ0v) is 29.4. The van der Waals surface area contributed by atoms with E-state index in [0.717, 1.165) is 97.9 Å². The fourth-order valence-electron chi connectivity index (χ4n) is 7.15. The Kier molecular flexibility index (Phi) is 8.66. The molecule has 5 aromatic rings. The number of carbonyl (C=O) groups is 1. The first-order valence-electron chi connectivity index (χ1n) is 14.7. The second-order valence-electron chi connectivity index (χ2n) is 11.7. The molecule has 0 spiro atoms. The highest BCUT2D eigenvalue weighted by molar-refractivity contribution is 9.11. The van der Waals surface area contributed by atoms with Crippen LogP contribution in [-0.2, 0) is 9.53 Å². The number of unbranched alkanes of at least 4 members (excludes halogenated alkanes) is 1. The van der Waals surface area contributed by atoms with Gasteiger partial charge in [-0.3, -0.25) is 4.79 Å². The van der Waals surface area contributed by atoms with E-state index in [9.17, 15) is 4.79 Å². The molecule has 0 radical (unpaired) electrons. The predicted molar refractivity (Wildman–Crippen MR) is 186 cm³/mol. The lowest BCUT2D eigenvalue weighted by atomic mass is 9.73. The van der Waals surface area contributed by atoms with Crippen LogP contribution < -0.4 is 4.67 Å². The van der Waals surface area contributed by atoms with Gasteiger partial charge in [0.25, 0.3) is 0 Å². The van der Waals surface area contributed by atoms with E-state index >= 15 is 0 Å². The molecule has 2 aliphatic heterocycles. The first-order valence-corrected chi connectivity index (χ1v) is 18.1. The second kappa shape index (κ2) is 12.5. The topological polar surface area (TPSA) is 59.1 Å². The number of ether oxygens (including phenoxy) is 1. The molecule has 0 saturated carbocycles. The van der Waals surface area contributed by atoms with E-state index in [1.165, 1.54) is 7.11 Å². The number of rotatable bonds is 6. The van der Waals surface area contributed by atoms with Crippen LogP contribution in [0, 0.1) is 17.8 Å². The second-order valence-corrected chi connectivity index (χ2v) is 15.8. The summed E-state index contributed by atoms with van der Waals surface area (Å²) in [6.07, 6.45) is 3.54. The fraction of sp³-hybridized carbons (Fsp3) is 0.364. The van der Waals surface area contributed by atoms with E-state index in [1.54, 1.807) is 0 Å². The standard InChI is InChI=1S/C33H32Br3N2O4P/c1-40-29(39)13-7-6-10-24-22-16-37(36)17-23(24)19-38(18-22)43-41-32-27(34)14-20-8-2-4-11-25(20)30(32)31-26-12-5-3-9-21(26)15-28(35)33(31)42-43/h2-5,8-9,11-12,14-15,22-24H,6-7,10,13,16-19H2,1H3. The van der Waals surface area contributed by atoms with Gasteiger partial charge in [0.05, 0.1) is 16.1 Å². The van der Waals surface area contributed by atoms with Gasteiger partial charge >= 0.3 is 14.1 Å². The first kappa shape index (κ1) is 29.8. The third-order valence-corrected chi connectivity index (χ3v) is 12.3. The molecular formula is C33H32Br3N2O4P. The molecule has 2 unspecified atom stereocenters. The monoisotopic (exact) mass is 788 g/mol. The van der Waals surface area contributed by atoms with Gasteiger partial charge in [-0.1, -0.05) is 55.0 Å². The molecule has 1 aromatic heterocycles. The normalized spacial score (nSPS) is 21.2. The third-order valence-electron chi connectivity index (χ3n) is 9.10. The number of halogens is 3. The van der Waals surface area contributed by atoms with Crippen molar-refractivity contribution in [2.45, 2.75) is 25.7 Å².